The van der Waals surface area contributed by atoms with E-state index in [4.69, 9.17) is 0 Å². The number of anilines is 2. The first-order chi connectivity index (χ1) is 14.9. The Balaban J connectivity index is 1.56. The van der Waals surface area contributed by atoms with Gasteiger partial charge in [0.25, 0.3) is 0 Å². The van der Waals surface area contributed by atoms with E-state index in [2.05, 4.69) is 30.8 Å². The highest BCUT2D eigenvalue weighted by molar-refractivity contribution is 5.91. The van der Waals surface area contributed by atoms with Crippen LogP contribution in [0.2, 0.25) is 0 Å². The molecule has 1 aromatic carbocycles. The zero-order valence-corrected chi connectivity index (χ0v) is 19.4. The molecule has 0 bridgehead atoms. The monoisotopic (exact) mass is 438 g/mol. The highest BCUT2D eigenvalue weighted by atomic mass is 16.2. The summed E-state index contributed by atoms with van der Waals surface area (Å²) in [6.07, 6.45) is 3.23. The number of hydrogen-bond acceptors (Lipinski definition) is 6. The van der Waals surface area contributed by atoms with Gasteiger partial charge in [0.15, 0.2) is 0 Å². The molecule has 2 N–H and O–H groups in total. The number of rotatable bonds is 6. The van der Waals surface area contributed by atoms with Gasteiger partial charge in [-0.25, -0.2) is 9.36 Å². The molecule has 3 aromatic rings. The fraction of sp³-hybridized carbons (Fsp3) is 0.455. The van der Waals surface area contributed by atoms with Crippen molar-refractivity contribution in [3.8, 4) is 0 Å². The predicted octanol–water partition coefficient (Wildman–Crippen LogP) is 2.74. The lowest BCUT2D eigenvalue weighted by Gasteiger charge is -2.21. The average molecular weight is 439 g/mol. The molecule has 0 fully saturated rings. The lowest BCUT2D eigenvalue weighted by molar-refractivity contribution is -0.116. The number of amides is 2. The van der Waals surface area contributed by atoms with Crippen LogP contribution in [0.1, 0.15) is 52.7 Å². The summed E-state index contributed by atoms with van der Waals surface area (Å²) in [7, 11) is 0. The molecule has 0 radical (unpaired) electrons. The number of benzene rings is 1. The fourth-order valence-corrected chi connectivity index (χ4v) is 3.12. The number of aromatic nitrogens is 6. The summed E-state index contributed by atoms with van der Waals surface area (Å²) >= 11 is 0. The molecule has 0 saturated carbocycles. The van der Waals surface area contributed by atoms with Gasteiger partial charge in [-0.2, -0.15) is 20.2 Å². The fourth-order valence-electron chi connectivity index (χ4n) is 3.12. The Bertz CT molecular complexity index is 997. The molecule has 32 heavy (non-hydrogen) atoms. The van der Waals surface area contributed by atoms with Crippen LogP contribution in [0.15, 0.2) is 36.9 Å². The maximum atomic E-state index is 12.4. The summed E-state index contributed by atoms with van der Waals surface area (Å²) in [6.45, 7) is 11.9. The van der Waals surface area contributed by atoms with Gasteiger partial charge in [0.05, 0.1) is 23.9 Å². The van der Waals surface area contributed by atoms with Gasteiger partial charge in [-0.3, -0.25) is 20.2 Å². The van der Waals surface area contributed by atoms with E-state index < -0.39 is 0 Å². The van der Waals surface area contributed by atoms with Gasteiger partial charge in [0, 0.05) is 0 Å². The smallest absolute Gasteiger partial charge is 0.231 e. The maximum Gasteiger partial charge on any atom is 0.231 e. The topological polar surface area (TPSA) is 120 Å². The van der Waals surface area contributed by atoms with E-state index in [0.717, 1.165) is 11.1 Å². The van der Waals surface area contributed by atoms with Gasteiger partial charge in [0.2, 0.25) is 23.7 Å². The molecular formula is C22H30N8O2. The highest BCUT2D eigenvalue weighted by Gasteiger charge is 2.21. The molecule has 170 valence electrons. The molecule has 0 saturated heterocycles. The van der Waals surface area contributed by atoms with Crippen molar-refractivity contribution >= 4 is 23.7 Å². The minimum absolute atomic E-state index is 0.185. The van der Waals surface area contributed by atoms with Crippen molar-refractivity contribution < 1.29 is 9.59 Å². The Kier molecular flexibility index (Phi) is 6.42. The van der Waals surface area contributed by atoms with E-state index in [1.54, 1.807) is 9.36 Å². The summed E-state index contributed by atoms with van der Waals surface area (Å²) in [5, 5.41) is 14.0. The molecule has 2 amide bonds. The number of hydrogen-bond donors (Lipinski definition) is 2. The van der Waals surface area contributed by atoms with Crippen LogP contribution in [0.3, 0.4) is 0 Å². The van der Waals surface area contributed by atoms with Crippen molar-refractivity contribution in [2.75, 3.05) is 10.6 Å². The Labute approximate surface area is 187 Å². The predicted molar refractivity (Wildman–Crippen MR) is 121 cm³/mol. The molecule has 2 aromatic heterocycles. The van der Waals surface area contributed by atoms with Crippen molar-refractivity contribution in [1.29, 1.82) is 0 Å². The molecule has 0 atom stereocenters. The van der Waals surface area contributed by atoms with Gasteiger partial charge in [-0.05, 0) is 52.7 Å². The number of nitrogens with zero attached hydrogens (tertiary/aromatic N) is 6. The van der Waals surface area contributed by atoms with Crippen LogP contribution >= 0.6 is 0 Å². The first-order valence-corrected chi connectivity index (χ1v) is 10.4. The third-order valence-corrected chi connectivity index (χ3v) is 4.62. The van der Waals surface area contributed by atoms with E-state index in [1.807, 2.05) is 65.8 Å². The average Bonchev–Trinajstić information content (AvgIpc) is 3.32. The Morgan fingerprint density at radius 1 is 0.719 bits per heavy atom. The van der Waals surface area contributed by atoms with E-state index in [9.17, 15) is 9.59 Å². The lowest BCUT2D eigenvalue weighted by Crippen LogP contribution is -2.27. The summed E-state index contributed by atoms with van der Waals surface area (Å²) in [5.41, 5.74) is 1.09. The molecular weight excluding hydrogens is 408 g/mol. The van der Waals surface area contributed by atoms with Crippen LogP contribution < -0.4 is 10.6 Å². The van der Waals surface area contributed by atoms with Crippen molar-refractivity contribution in [3.63, 3.8) is 0 Å². The van der Waals surface area contributed by atoms with Gasteiger partial charge >= 0.3 is 0 Å². The maximum absolute atomic E-state index is 12.4. The van der Waals surface area contributed by atoms with Crippen LogP contribution in [0.4, 0.5) is 11.9 Å². The van der Waals surface area contributed by atoms with Crippen molar-refractivity contribution in [1.82, 2.24) is 29.5 Å². The summed E-state index contributed by atoms with van der Waals surface area (Å²) in [5.74, 6) is 0.462. The SMILES string of the molecule is CC(C)(C)n1ncnc1NC(=O)Cc1ccc(CC(=O)Nc2ncnn2C(C)(C)C)cc1. The highest BCUT2D eigenvalue weighted by Crippen LogP contribution is 2.18. The summed E-state index contributed by atoms with van der Waals surface area (Å²) < 4.78 is 3.35. The van der Waals surface area contributed by atoms with E-state index in [0.29, 0.717) is 11.9 Å². The van der Waals surface area contributed by atoms with E-state index in [-0.39, 0.29) is 35.7 Å². The second-order valence-electron chi connectivity index (χ2n) is 9.60. The van der Waals surface area contributed by atoms with E-state index >= 15 is 0 Å². The third-order valence-electron chi connectivity index (χ3n) is 4.62. The molecule has 10 nitrogen and oxygen atoms in total. The molecule has 0 aliphatic rings. The number of carbonyl (C=O) groups is 2. The minimum Gasteiger partial charge on any atom is -0.294 e. The normalized spacial score (nSPS) is 11.9. The molecule has 0 unspecified atom stereocenters. The van der Waals surface area contributed by atoms with Crippen molar-refractivity contribution in [2.45, 2.75) is 65.5 Å². The number of nitrogens with one attached hydrogen (secondary N) is 2. The Morgan fingerprint density at radius 3 is 1.38 bits per heavy atom. The van der Waals surface area contributed by atoms with Gasteiger partial charge in [0.1, 0.15) is 12.7 Å². The van der Waals surface area contributed by atoms with Crippen LogP contribution in [0, 0.1) is 0 Å². The lowest BCUT2D eigenvalue weighted by atomic mass is 10.1. The Hall–Kier alpha value is -3.56. The second-order valence-corrected chi connectivity index (χ2v) is 9.60. The zero-order chi connectivity index (χ0) is 23.5. The van der Waals surface area contributed by atoms with Crippen LogP contribution in [0.25, 0.3) is 0 Å². The largest absolute Gasteiger partial charge is 0.294 e. The third kappa shape index (κ3) is 5.77. The summed E-state index contributed by atoms with van der Waals surface area (Å²) in [6, 6.07) is 7.37. The van der Waals surface area contributed by atoms with Crippen molar-refractivity contribution in [3.05, 3.63) is 48.0 Å². The van der Waals surface area contributed by atoms with Gasteiger partial charge < -0.3 is 0 Å². The number of carbonyl (C=O) groups excluding carboxylic acids is 2. The standard InChI is InChI=1S/C22H30N8O2/c1-21(2,3)29-19(23-13-25-29)27-17(31)11-15-7-9-16(10-8-15)12-18(32)28-20-24-14-26-30(20)22(4,5)6/h7-10,13-14H,11-12H2,1-6H3,(H,23,25,27,31)(H,24,26,28,32). The van der Waals surface area contributed by atoms with Gasteiger partial charge in [-0.1, -0.05) is 24.3 Å². The van der Waals surface area contributed by atoms with Crippen LogP contribution in [-0.2, 0) is 33.5 Å². The molecule has 10 heteroatoms. The molecule has 0 aliphatic carbocycles. The summed E-state index contributed by atoms with van der Waals surface area (Å²) in [4.78, 5) is 33.1. The first-order valence-electron chi connectivity index (χ1n) is 10.4. The van der Waals surface area contributed by atoms with Crippen LogP contribution in [0.5, 0.6) is 0 Å². The molecule has 0 spiro atoms. The van der Waals surface area contributed by atoms with E-state index in [1.165, 1.54) is 12.7 Å². The quantitative estimate of drug-likeness (QED) is 0.611. The molecule has 2 heterocycles. The van der Waals surface area contributed by atoms with Gasteiger partial charge in [-0.15, -0.1) is 0 Å². The molecule has 0 aliphatic heterocycles. The Morgan fingerprint density at radius 2 is 1.06 bits per heavy atom. The second kappa shape index (κ2) is 8.89. The zero-order valence-electron chi connectivity index (χ0n) is 19.4. The first kappa shape index (κ1) is 23.1. The van der Waals surface area contributed by atoms with Crippen LogP contribution in [-0.4, -0.2) is 41.3 Å². The molecule has 3 rings (SSSR count). The minimum atomic E-state index is -0.290. The van der Waals surface area contributed by atoms with Crippen molar-refractivity contribution in [2.24, 2.45) is 0 Å².